The van der Waals surface area contributed by atoms with Gasteiger partial charge in [0.15, 0.2) is 0 Å². The van der Waals surface area contributed by atoms with Crippen LogP contribution in [0.15, 0.2) is 24.3 Å². The van der Waals surface area contributed by atoms with Gasteiger partial charge in [0.25, 0.3) is 0 Å². The molecule has 1 aromatic heterocycles. The van der Waals surface area contributed by atoms with Gasteiger partial charge in [-0.3, -0.25) is 4.68 Å². The molecular formula is C14H18N2O2. The summed E-state index contributed by atoms with van der Waals surface area (Å²) in [4.78, 5) is 0. The summed E-state index contributed by atoms with van der Waals surface area (Å²) >= 11 is 0. The molecule has 0 aliphatic rings. The highest BCUT2D eigenvalue weighted by Gasteiger charge is 2.05. The van der Waals surface area contributed by atoms with Crippen LogP contribution < -0.4 is 4.74 Å². The maximum atomic E-state index is 9.49. The van der Waals surface area contributed by atoms with Gasteiger partial charge in [0.1, 0.15) is 18.1 Å². The molecule has 0 aliphatic heterocycles. The summed E-state index contributed by atoms with van der Waals surface area (Å²) in [6.07, 6.45) is 0.916. The zero-order valence-corrected chi connectivity index (χ0v) is 11.0. The van der Waals surface area contributed by atoms with Gasteiger partial charge < -0.3 is 9.84 Å². The second kappa shape index (κ2) is 5.12. The Kier molecular flexibility index (Phi) is 3.55. The van der Waals surface area contributed by atoms with Crippen LogP contribution in [0.2, 0.25) is 0 Å². The second-order valence-electron chi connectivity index (χ2n) is 4.40. The first-order valence-corrected chi connectivity index (χ1v) is 6.03. The van der Waals surface area contributed by atoms with Gasteiger partial charge >= 0.3 is 0 Å². The van der Waals surface area contributed by atoms with Gasteiger partial charge in [-0.25, -0.2) is 0 Å². The molecule has 0 atom stereocenters. The highest BCUT2D eigenvalue weighted by molar-refractivity contribution is 5.36. The predicted molar refractivity (Wildman–Crippen MR) is 69.8 cm³/mol. The Labute approximate surface area is 107 Å². The van der Waals surface area contributed by atoms with Gasteiger partial charge in [0.05, 0.1) is 11.4 Å². The lowest BCUT2D eigenvalue weighted by molar-refractivity contribution is 0.293. The third kappa shape index (κ3) is 2.83. The fourth-order valence-corrected chi connectivity index (χ4v) is 1.85. The van der Waals surface area contributed by atoms with Crippen LogP contribution in [0, 0.1) is 6.92 Å². The Morgan fingerprint density at radius 3 is 2.67 bits per heavy atom. The molecule has 0 unspecified atom stereocenters. The first kappa shape index (κ1) is 12.5. The van der Waals surface area contributed by atoms with E-state index >= 15 is 0 Å². The Balaban J connectivity index is 2.08. The summed E-state index contributed by atoms with van der Waals surface area (Å²) in [5, 5.41) is 13.9. The van der Waals surface area contributed by atoms with Crippen LogP contribution in [-0.4, -0.2) is 14.9 Å². The molecule has 1 heterocycles. The highest BCUT2D eigenvalue weighted by atomic mass is 16.5. The Morgan fingerprint density at radius 2 is 2.06 bits per heavy atom. The molecule has 1 aromatic carbocycles. The number of hydrogen-bond donors (Lipinski definition) is 1. The highest BCUT2D eigenvalue weighted by Crippen LogP contribution is 2.22. The van der Waals surface area contributed by atoms with Crippen molar-refractivity contribution in [2.24, 2.45) is 7.05 Å². The number of ether oxygens (including phenoxy) is 1. The zero-order valence-electron chi connectivity index (χ0n) is 11.0. The average Bonchev–Trinajstić information content (AvgIpc) is 2.66. The number of aryl methyl sites for hydroxylation is 3. The summed E-state index contributed by atoms with van der Waals surface area (Å²) < 4.78 is 7.50. The van der Waals surface area contributed by atoms with Gasteiger partial charge in [0.2, 0.25) is 0 Å². The molecule has 4 nitrogen and oxygen atoms in total. The fraction of sp³-hybridized carbons (Fsp3) is 0.357. The summed E-state index contributed by atoms with van der Waals surface area (Å²) in [5.74, 6) is 0.899. The van der Waals surface area contributed by atoms with Crippen LogP contribution in [-0.2, 0) is 20.1 Å². The van der Waals surface area contributed by atoms with E-state index in [4.69, 9.17) is 4.74 Å². The maximum Gasteiger partial charge on any atom is 0.130 e. The number of aromatic hydroxyl groups is 1. The van der Waals surface area contributed by atoms with Crippen LogP contribution in [0.25, 0.3) is 0 Å². The third-order valence-corrected chi connectivity index (χ3v) is 2.81. The summed E-state index contributed by atoms with van der Waals surface area (Å²) in [6, 6.07) is 7.25. The molecule has 0 saturated carbocycles. The van der Waals surface area contributed by atoms with Gasteiger partial charge in [0, 0.05) is 13.1 Å². The summed E-state index contributed by atoms with van der Waals surface area (Å²) in [6.45, 7) is 4.45. The molecule has 0 aliphatic carbocycles. The number of phenols is 1. The topological polar surface area (TPSA) is 47.3 Å². The van der Waals surface area contributed by atoms with Crippen molar-refractivity contribution in [2.45, 2.75) is 26.9 Å². The van der Waals surface area contributed by atoms with Crippen LogP contribution >= 0.6 is 0 Å². The molecule has 96 valence electrons. The Morgan fingerprint density at radius 1 is 1.28 bits per heavy atom. The van der Waals surface area contributed by atoms with Crippen LogP contribution in [0.3, 0.4) is 0 Å². The SMILES string of the molecule is CCc1cc(COc2cc(C)cc(O)c2)n(C)n1. The molecule has 2 aromatic rings. The molecule has 4 heteroatoms. The van der Waals surface area contributed by atoms with Crippen LogP contribution in [0.5, 0.6) is 11.5 Å². The molecule has 0 radical (unpaired) electrons. The molecule has 18 heavy (non-hydrogen) atoms. The largest absolute Gasteiger partial charge is 0.508 e. The van der Waals surface area contributed by atoms with Gasteiger partial charge in [-0.1, -0.05) is 6.92 Å². The minimum atomic E-state index is 0.226. The van der Waals surface area contributed by atoms with Crippen molar-refractivity contribution in [3.05, 3.63) is 41.2 Å². The number of aromatic nitrogens is 2. The molecule has 1 N–H and O–H groups in total. The summed E-state index contributed by atoms with van der Waals surface area (Å²) in [5.41, 5.74) is 3.06. The molecule has 0 amide bonds. The first-order chi connectivity index (χ1) is 8.58. The van der Waals surface area contributed by atoms with Crippen LogP contribution in [0.4, 0.5) is 0 Å². The van der Waals surface area contributed by atoms with E-state index in [2.05, 4.69) is 12.0 Å². The standard InChI is InChI=1S/C14H18N2O2/c1-4-11-7-12(16(3)15-11)9-18-14-6-10(2)5-13(17)8-14/h5-8,17H,4,9H2,1-3H3. The molecule has 0 fully saturated rings. The lowest BCUT2D eigenvalue weighted by Crippen LogP contribution is -2.03. The van der Waals surface area contributed by atoms with E-state index < -0.39 is 0 Å². The smallest absolute Gasteiger partial charge is 0.130 e. The van der Waals surface area contributed by atoms with Gasteiger partial charge in [-0.15, -0.1) is 0 Å². The molecule has 2 rings (SSSR count). The van der Waals surface area contributed by atoms with Crippen molar-refractivity contribution in [3.8, 4) is 11.5 Å². The van der Waals surface area contributed by atoms with Gasteiger partial charge in [-0.2, -0.15) is 5.10 Å². The zero-order chi connectivity index (χ0) is 13.1. The number of rotatable bonds is 4. The van der Waals surface area contributed by atoms with E-state index in [9.17, 15) is 5.11 Å². The van der Waals surface area contributed by atoms with Crippen molar-refractivity contribution in [1.29, 1.82) is 0 Å². The van der Waals surface area contributed by atoms with Crippen molar-refractivity contribution in [2.75, 3.05) is 0 Å². The Bertz CT molecular complexity index is 526. The van der Waals surface area contributed by atoms with Crippen molar-refractivity contribution >= 4 is 0 Å². The Hall–Kier alpha value is -1.97. The third-order valence-electron chi connectivity index (χ3n) is 2.81. The van der Waals surface area contributed by atoms with Gasteiger partial charge in [-0.05, 0) is 37.1 Å². The number of benzene rings is 1. The van der Waals surface area contributed by atoms with E-state index in [1.54, 1.807) is 12.1 Å². The monoisotopic (exact) mass is 246 g/mol. The van der Waals surface area contributed by atoms with E-state index in [0.717, 1.165) is 23.4 Å². The minimum absolute atomic E-state index is 0.226. The fourth-order valence-electron chi connectivity index (χ4n) is 1.85. The van der Waals surface area contributed by atoms with Crippen molar-refractivity contribution in [3.63, 3.8) is 0 Å². The number of hydrogen-bond acceptors (Lipinski definition) is 3. The quantitative estimate of drug-likeness (QED) is 0.902. The lowest BCUT2D eigenvalue weighted by atomic mass is 10.2. The van der Waals surface area contributed by atoms with E-state index in [1.165, 1.54) is 0 Å². The predicted octanol–water partition coefficient (Wildman–Crippen LogP) is 2.58. The normalized spacial score (nSPS) is 10.6. The first-order valence-electron chi connectivity index (χ1n) is 6.03. The second-order valence-corrected chi connectivity index (χ2v) is 4.40. The molecular weight excluding hydrogens is 228 g/mol. The van der Waals surface area contributed by atoms with E-state index in [-0.39, 0.29) is 5.75 Å². The number of phenolic OH excluding ortho intramolecular Hbond substituents is 1. The molecule has 0 bridgehead atoms. The number of nitrogens with zero attached hydrogens (tertiary/aromatic N) is 2. The van der Waals surface area contributed by atoms with E-state index in [1.807, 2.05) is 30.8 Å². The lowest BCUT2D eigenvalue weighted by Gasteiger charge is -2.07. The molecule has 0 spiro atoms. The van der Waals surface area contributed by atoms with Crippen molar-refractivity contribution in [1.82, 2.24) is 9.78 Å². The molecule has 0 saturated heterocycles. The van der Waals surface area contributed by atoms with E-state index in [0.29, 0.717) is 12.4 Å². The average molecular weight is 246 g/mol. The van der Waals surface area contributed by atoms with Crippen molar-refractivity contribution < 1.29 is 9.84 Å². The minimum Gasteiger partial charge on any atom is -0.508 e. The summed E-state index contributed by atoms with van der Waals surface area (Å²) in [7, 11) is 1.91. The maximum absolute atomic E-state index is 9.49. The van der Waals surface area contributed by atoms with Crippen LogP contribution in [0.1, 0.15) is 23.9 Å².